The molecule has 0 aliphatic heterocycles. The molecule has 162 valence electrons. The molecule has 2 rings (SSSR count). The van der Waals surface area contributed by atoms with Gasteiger partial charge in [-0.15, -0.1) is 0 Å². The van der Waals surface area contributed by atoms with Crippen LogP contribution in [0.25, 0.3) is 0 Å². The van der Waals surface area contributed by atoms with E-state index in [0.29, 0.717) is 17.8 Å². The molecule has 0 radical (unpaired) electrons. The largest absolute Gasteiger partial charge is 0.457 e. The molecule has 0 saturated heterocycles. The highest BCUT2D eigenvalue weighted by molar-refractivity contribution is 5.80. The highest BCUT2D eigenvalue weighted by Crippen LogP contribution is 2.46. The second kappa shape index (κ2) is 9.51. The number of para-hydroxylation sites is 1. The maximum Gasteiger partial charge on any atom is 0.408 e. The molecule has 29 heavy (non-hydrogen) atoms. The SMILES string of the molecule is CC(C)c1cccc([C@H](C)C2CC2)c1OCOC(=O)[C@H](C)NC(=O)OC(C)(C)C. The van der Waals surface area contributed by atoms with Crippen LogP contribution in [-0.4, -0.2) is 30.5 Å². The van der Waals surface area contributed by atoms with Crippen LogP contribution in [0.4, 0.5) is 4.79 Å². The first-order chi connectivity index (χ1) is 13.5. The molecule has 1 aromatic rings. The van der Waals surface area contributed by atoms with Gasteiger partial charge in [-0.25, -0.2) is 9.59 Å². The number of hydrogen-bond donors (Lipinski definition) is 1. The van der Waals surface area contributed by atoms with E-state index in [1.807, 2.05) is 0 Å². The Kier molecular flexibility index (Phi) is 7.55. The van der Waals surface area contributed by atoms with Gasteiger partial charge in [-0.2, -0.15) is 0 Å². The normalized spacial score (nSPS) is 16.1. The first-order valence-corrected chi connectivity index (χ1v) is 10.4. The van der Waals surface area contributed by atoms with Crippen LogP contribution in [0.15, 0.2) is 18.2 Å². The van der Waals surface area contributed by atoms with Crippen molar-refractivity contribution in [2.45, 2.75) is 84.8 Å². The van der Waals surface area contributed by atoms with Gasteiger partial charge in [0.15, 0.2) is 0 Å². The van der Waals surface area contributed by atoms with E-state index in [2.05, 4.69) is 44.3 Å². The van der Waals surface area contributed by atoms with Crippen molar-refractivity contribution in [3.63, 3.8) is 0 Å². The van der Waals surface area contributed by atoms with Gasteiger partial charge < -0.3 is 19.5 Å². The lowest BCUT2D eigenvalue weighted by Crippen LogP contribution is -2.42. The molecule has 6 heteroatoms. The van der Waals surface area contributed by atoms with E-state index in [9.17, 15) is 9.59 Å². The Morgan fingerprint density at radius 1 is 1.10 bits per heavy atom. The van der Waals surface area contributed by atoms with E-state index >= 15 is 0 Å². The molecule has 1 fully saturated rings. The van der Waals surface area contributed by atoms with Gasteiger partial charge in [-0.1, -0.05) is 39.0 Å². The minimum absolute atomic E-state index is 0.201. The zero-order valence-corrected chi connectivity index (χ0v) is 18.7. The number of esters is 1. The smallest absolute Gasteiger partial charge is 0.408 e. The summed E-state index contributed by atoms with van der Waals surface area (Å²) in [5.41, 5.74) is 1.63. The summed E-state index contributed by atoms with van der Waals surface area (Å²) in [4.78, 5) is 24.0. The number of amides is 1. The number of carbonyl (C=O) groups is 2. The number of nitrogens with one attached hydrogen (secondary N) is 1. The van der Waals surface area contributed by atoms with Gasteiger partial charge in [-0.05, 0) is 69.4 Å². The van der Waals surface area contributed by atoms with Crippen LogP contribution in [0, 0.1) is 5.92 Å². The molecule has 0 spiro atoms. The first kappa shape index (κ1) is 23.0. The fourth-order valence-corrected chi connectivity index (χ4v) is 3.22. The molecular weight excluding hydrogens is 370 g/mol. The predicted octanol–water partition coefficient (Wildman–Crippen LogP) is 5.12. The van der Waals surface area contributed by atoms with Gasteiger partial charge in [0.1, 0.15) is 17.4 Å². The third-order valence-electron chi connectivity index (χ3n) is 5.01. The van der Waals surface area contributed by atoms with Crippen LogP contribution >= 0.6 is 0 Å². The minimum Gasteiger partial charge on any atom is -0.457 e. The monoisotopic (exact) mass is 405 g/mol. The molecule has 2 atom stereocenters. The summed E-state index contributed by atoms with van der Waals surface area (Å²) in [6.07, 6.45) is 1.83. The van der Waals surface area contributed by atoms with Gasteiger partial charge >= 0.3 is 12.1 Å². The van der Waals surface area contributed by atoms with Gasteiger partial charge in [-0.3, -0.25) is 0 Å². The lowest BCUT2D eigenvalue weighted by molar-refractivity contribution is -0.152. The zero-order valence-electron chi connectivity index (χ0n) is 18.7. The standard InChI is InChI=1S/C23H35NO5/c1-14(2)18-9-8-10-19(15(3)17-11-12-17)20(18)27-13-28-21(25)16(4)24-22(26)29-23(5,6)7/h8-10,14-17H,11-13H2,1-7H3,(H,24,26)/t15-,16+/m1/s1. The molecule has 1 aliphatic carbocycles. The Hall–Kier alpha value is -2.24. The number of rotatable bonds is 8. The van der Waals surface area contributed by atoms with Crippen LogP contribution in [0.3, 0.4) is 0 Å². The summed E-state index contributed by atoms with van der Waals surface area (Å²) in [6.45, 7) is 13.1. The topological polar surface area (TPSA) is 73.9 Å². The average molecular weight is 406 g/mol. The Labute approximate surface area is 174 Å². The summed E-state index contributed by atoms with van der Waals surface area (Å²) in [5, 5.41) is 2.48. The molecule has 0 bridgehead atoms. The van der Waals surface area contributed by atoms with E-state index in [1.165, 1.54) is 12.8 Å². The maximum absolute atomic E-state index is 12.2. The van der Waals surface area contributed by atoms with E-state index in [0.717, 1.165) is 16.9 Å². The number of ether oxygens (including phenoxy) is 3. The molecule has 1 aliphatic rings. The Morgan fingerprint density at radius 2 is 1.72 bits per heavy atom. The van der Waals surface area contributed by atoms with Crippen molar-refractivity contribution in [2.24, 2.45) is 5.92 Å². The number of hydrogen-bond acceptors (Lipinski definition) is 5. The quantitative estimate of drug-likeness (QED) is 0.480. The van der Waals surface area contributed by atoms with Crippen LogP contribution in [0.5, 0.6) is 5.75 Å². The molecule has 1 saturated carbocycles. The second-order valence-electron chi connectivity index (χ2n) is 9.14. The Balaban J connectivity index is 1.97. The van der Waals surface area contributed by atoms with Gasteiger partial charge in [0.25, 0.3) is 0 Å². The van der Waals surface area contributed by atoms with Gasteiger partial charge in [0.2, 0.25) is 6.79 Å². The van der Waals surface area contributed by atoms with Crippen LogP contribution < -0.4 is 10.1 Å². The summed E-state index contributed by atoms with van der Waals surface area (Å²) >= 11 is 0. The molecule has 6 nitrogen and oxygen atoms in total. The lowest BCUT2D eigenvalue weighted by Gasteiger charge is -2.22. The molecule has 0 aromatic heterocycles. The lowest BCUT2D eigenvalue weighted by atomic mass is 9.90. The fraction of sp³-hybridized carbons (Fsp3) is 0.652. The molecule has 1 aromatic carbocycles. The third-order valence-corrected chi connectivity index (χ3v) is 5.01. The van der Waals surface area contributed by atoms with Crippen molar-refractivity contribution >= 4 is 12.1 Å². The molecule has 1 N–H and O–H groups in total. The van der Waals surface area contributed by atoms with Crippen LogP contribution in [0.1, 0.15) is 84.3 Å². The van der Waals surface area contributed by atoms with Gasteiger partial charge in [0, 0.05) is 0 Å². The second-order valence-corrected chi connectivity index (χ2v) is 9.14. The van der Waals surface area contributed by atoms with Gasteiger partial charge in [0.05, 0.1) is 0 Å². The molecule has 0 unspecified atom stereocenters. The van der Waals surface area contributed by atoms with E-state index in [-0.39, 0.29) is 6.79 Å². The summed E-state index contributed by atoms with van der Waals surface area (Å²) in [5.74, 6) is 1.63. The van der Waals surface area contributed by atoms with Crippen molar-refractivity contribution in [3.8, 4) is 5.75 Å². The highest BCUT2D eigenvalue weighted by atomic mass is 16.7. The van der Waals surface area contributed by atoms with Crippen LogP contribution in [-0.2, 0) is 14.3 Å². The average Bonchev–Trinajstić information content (AvgIpc) is 3.44. The predicted molar refractivity (Wildman–Crippen MR) is 112 cm³/mol. The summed E-state index contributed by atoms with van der Waals surface area (Å²) < 4.78 is 16.4. The van der Waals surface area contributed by atoms with Crippen molar-refractivity contribution in [2.75, 3.05) is 6.79 Å². The first-order valence-electron chi connectivity index (χ1n) is 10.4. The number of carbonyl (C=O) groups excluding carboxylic acids is 2. The summed E-state index contributed by atoms with van der Waals surface area (Å²) in [6, 6.07) is 5.38. The Morgan fingerprint density at radius 3 is 2.28 bits per heavy atom. The summed E-state index contributed by atoms with van der Waals surface area (Å²) in [7, 11) is 0. The fourth-order valence-electron chi connectivity index (χ4n) is 3.22. The number of alkyl carbamates (subject to hydrolysis) is 1. The van der Waals surface area contributed by atoms with Crippen LogP contribution in [0.2, 0.25) is 0 Å². The van der Waals surface area contributed by atoms with E-state index in [1.54, 1.807) is 27.7 Å². The molecular formula is C23H35NO5. The zero-order chi connectivity index (χ0) is 21.8. The van der Waals surface area contributed by atoms with Crippen molar-refractivity contribution in [1.29, 1.82) is 0 Å². The maximum atomic E-state index is 12.2. The van der Waals surface area contributed by atoms with E-state index < -0.39 is 23.7 Å². The van der Waals surface area contributed by atoms with Crippen molar-refractivity contribution in [3.05, 3.63) is 29.3 Å². The molecule has 1 amide bonds. The Bertz CT molecular complexity index is 718. The number of benzene rings is 1. The van der Waals surface area contributed by atoms with Crippen molar-refractivity contribution < 1.29 is 23.8 Å². The highest BCUT2D eigenvalue weighted by Gasteiger charge is 2.31. The third kappa shape index (κ3) is 6.94. The minimum atomic E-state index is -0.835. The van der Waals surface area contributed by atoms with E-state index in [4.69, 9.17) is 14.2 Å². The molecule has 0 heterocycles. The van der Waals surface area contributed by atoms with Crippen molar-refractivity contribution in [1.82, 2.24) is 5.32 Å².